The van der Waals surface area contributed by atoms with E-state index in [4.69, 9.17) is 5.73 Å². The molecule has 0 unspecified atom stereocenters. The van der Waals surface area contributed by atoms with Gasteiger partial charge in [-0.2, -0.15) is 4.31 Å². The quantitative estimate of drug-likeness (QED) is 0.675. The van der Waals surface area contributed by atoms with Gasteiger partial charge in [-0.05, 0) is 42.5 Å². The summed E-state index contributed by atoms with van der Waals surface area (Å²) in [6, 6.07) is 4.94. The van der Waals surface area contributed by atoms with Gasteiger partial charge in [0.1, 0.15) is 0 Å². The molecule has 116 valence electrons. The molecule has 0 saturated heterocycles. The van der Waals surface area contributed by atoms with Gasteiger partial charge < -0.3 is 5.73 Å². The van der Waals surface area contributed by atoms with Crippen LogP contribution < -0.4 is 5.73 Å². The van der Waals surface area contributed by atoms with Crippen LogP contribution in [-0.2, 0) is 10.0 Å². The Morgan fingerprint density at radius 2 is 1.90 bits per heavy atom. The van der Waals surface area contributed by atoms with Crippen molar-refractivity contribution in [1.82, 2.24) is 4.31 Å². The fraction of sp³-hybridized carbons (Fsp3) is 0.500. The smallest absolute Gasteiger partial charge is 0.243 e. The van der Waals surface area contributed by atoms with E-state index < -0.39 is 10.0 Å². The number of hydrogen-bond donors (Lipinski definition) is 1. The Hall–Kier alpha value is -1.33. The third kappa shape index (κ3) is 3.30. The van der Waals surface area contributed by atoms with Crippen LogP contribution in [0.25, 0.3) is 0 Å². The first-order valence-electron chi connectivity index (χ1n) is 7.18. The number of anilines is 1. The Balaban J connectivity index is 2.29. The number of rotatable bonds is 2. The fourth-order valence-corrected chi connectivity index (χ4v) is 4.24. The first-order chi connectivity index (χ1) is 9.62. The molecule has 0 fully saturated rings. The molecule has 4 nitrogen and oxygen atoms in total. The minimum Gasteiger partial charge on any atom is -0.399 e. The lowest BCUT2D eigenvalue weighted by Gasteiger charge is -2.31. The zero-order chi connectivity index (χ0) is 15.8. The van der Waals surface area contributed by atoms with E-state index in [1.54, 1.807) is 29.4 Å². The minimum atomic E-state index is -3.45. The molecular formula is C16H24N2O2S. The van der Waals surface area contributed by atoms with Crippen LogP contribution in [0.4, 0.5) is 5.69 Å². The van der Waals surface area contributed by atoms with Gasteiger partial charge in [-0.25, -0.2) is 8.42 Å². The van der Waals surface area contributed by atoms with Crippen LogP contribution in [-0.4, -0.2) is 25.8 Å². The highest BCUT2D eigenvalue weighted by Crippen LogP contribution is 2.32. The molecule has 0 saturated carbocycles. The Bertz CT molecular complexity index is 670. The first-order valence-corrected chi connectivity index (χ1v) is 8.62. The molecular weight excluding hydrogens is 284 g/mol. The maximum absolute atomic E-state index is 12.7. The minimum absolute atomic E-state index is 0.104. The molecule has 2 rings (SSSR count). The molecule has 0 bridgehead atoms. The topological polar surface area (TPSA) is 63.4 Å². The van der Waals surface area contributed by atoms with E-state index in [-0.39, 0.29) is 5.41 Å². The molecule has 5 heteroatoms. The van der Waals surface area contributed by atoms with Crippen molar-refractivity contribution in [2.75, 3.05) is 18.8 Å². The van der Waals surface area contributed by atoms with E-state index in [2.05, 4.69) is 20.8 Å². The molecule has 1 aliphatic heterocycles. The summed E-state index contributed by atoms with van der Waals surface area (Å²) in [5.41, 5.74) is 8.40. The lowest BCUT2D eigenvalue weighted by molar-refractivity contribution is 0.389. The van der Waals surface area contributed by atoms with Gasteiger partial charge in [0.05, 0.1) is 4.90 Å². The van der Waals surface area contributed by atoms with Gasteiger partial charge in [0.2, 0.25) is 10.0 Å². The van der Waals surface area contributed by atoms with Crippen molar-refractivity contribution < 1.29 is 8.42 Å². The van der Waals surface area contributed by atoms with Gasteiger partial charge >= 0.3 is 0 Å². The van der Waals surface area contributed by atoms with Crippen LogP contribution in [0.3, 0.4) is 0 Å². The number of sulfonamides is 1. The second-order valence-corrected chi connectivity index (χ2v) is 8.52. The average molecular weight is 308 g/mol. The molecule has 0 aliphatic carbocycles. The van der Waals surface area contributed by atoms with Crippen LogP contribution in [0, 0.1) is 12.3 Å². The summed E-state index contributed by atoms with van der Waals surface area (Å²) in [6.07, 6.45) is 2.84. The van der Waals surface area contributed by atoms with Crippen LogP contribution in [0.1, 0.15) is 32.8 Å². The summed E-state index contributed by atoms with van der Waals surface area (Å²) < 4.78 is 27.0. The Kier molecular flexibility index (Phi) is 4.17. The lowest BCUT2D eigenvalue weighted by Crippen LogP contribution is -2.36. The van der Waals surface area contributed by atoms with Crippen molar-refractivity contribution in [2.24, 2.45) is 5.41 Å². The SMILES string of the molecule is Cc1cc(N)ccc1S(=O)(=O)N1CC=C(C(C)(C)C)CC1. The molecule has 1 aliphatic rings. The highest BCUT2D eigenvalue weighted by atomic mass is 32.2. The van der Waals surface area contributed by atoms with Crippen LogP contribution in [0.5, 0.6) is 0 Å². The van der Waals surface area contributed by atoms with Gasteiger partial charge in [0, 0.05) is 18.8 Å². The Morgan fingerprint density at radius 3 is 2.38 bits per heavy atom. The second kappa shape index (κ2) is 5.46. The molecule has 1 heterocycles. The second-order valence-electron chi connectivity index (χ2n) is 6.62. The predicted molar refractivity (Wildman–Crippen MR) is 86.5 cm³/mol. The summed E-state index contributed by atoms with van der Waals surface area (Å²) in [5, 5.41) is 0. The molecule has 1 aromatic rings. The highest BCUT2D eigenvalue weighted by molar-refractivity contribution is 7.89. The Morgan fingerprint density at radius 1 is 1.24 bits per heavy atom. The van der Waals surface area contributed by atoms with Gasteiger partial charge in [-0.3, -0.25) is 0 Å². The number of nitrogen functional groups attached to an aromatic ring is 1. The fourth-order valence-electron chi connectivity index (χ4n) is 2.65. The van der Waals surface area contributed by atoms with E-state index in [1.807, 2.05) is 6.08 Å². The van der Waals surface area contributed by atoms with Gasteiger partial charge in [0.25, 0.3) is 0 Å². The maximum atomic E-state index is 12.7. The monoisotopic (exact) mass is 308 g/mol. The summed E-state index contributed by atoms with van der Waals surface area (Å²) in [6.45, 7) is 9.24. The third-order valence-corrected chi connectivity index (χ3v) is 5.98. The van der Waals surface area contributed by atoms with Crippen LogP contribution >= 0.6 is 0 Å². The van der Waals surface area contributed by atoms with Crippen molar-refractivity contribution in [3.8, 4) is 0 Å². The zero-order valence-electron chi connectivity index (χ0n) is 13.2. The summed E-state index contributed by atoms with van der Waals surface area (Å²) in [7, 11) is -3.45. The molecule has 2 N–H and O–H groups in total. The van der Waals surface area contributed by atoms with E-state index >= 15 is 0 Å². The average Bonchev–Trinajstić information content (AvgIpc) is 2.37. The normalized spacial score (nSPS) is 17.6. The summed E-state index contributed by atoms with van der Waals surface area (Å²) >= 11 is 0. The van der Waals surface area contributed by atoms with Gasteiger partial charge in [0.15, 0.2) is 0 Å². The largest absolute Gasteiger partial charge is 0.399 e. The summed E-state index contributed by atoms with van der Waals surface area (Å²) in [4.78, 5) is 0.351. The van der Waals surface area contributed by atoms with Gasteiger partial charge in [-0.1, -0.05) is 32.4 Å². The number of hydrogen-bond acceptors (Lipinski definition) is 3. The zero-order valence-corrected chi connectivity index (χ0v) is 14.0. The van der Waals surface area contributed by atoms with Crippen molar-refractivity contribution in [1.29, 1.82) is 0 Å². The standard InChI is InChI=1S/C16H24N2O2S/c1-12-11-14(17)5-6-15(12)21(19,20)18-9-7-13(8-10-18)16(2,3)4/h5-7,11H,8-10,17H2,1-4H3. The molecule has 1 aromatic carbocycles. The summed E-state index contributed by atoms with van der Waals surface area (Å²) in [5.74, 6) is 0. The van der Waals surface area contributed by atoms with E-state index in [9.17, 15) is 8.42 Å². The number of aryl methyl sites for hydroxylation is 1. The van der Waals surface area contributed by atoms with E-state index in [0.717, 1.165) is 6.42 Å². The van der Waals surface area contributed by atoms with E-state index in [1.165, 1.54) is 5.57 Å². The number of nitrogens with two attached hydrogens (primary N) is 1. The van der Waals surface area contributed by atoms with Gasteiger partial charge in [-0.15, -0.1) is 0 Å². The van der Waals surface area contributed by atoms with Crippen LogP contribution in [0.2, 0.25) is 0 Å². The first kappa shape index (κ1) is 16.0. The molecule has 0 radical (unpaired) electrons. The number of benzene rings is 1. The molecule has 0 atom stereocenters. The molecule has 0 aromatic heterocycles. The van der Waals surface area contributed by atoms with Crippen molar-refractivity contribution in [2.45, 2.75) is 39.0 Å². The number of nitrogens with zero attached hydrogens (tertiary/aromatic N) is 1. The predicted octanol–water partition coefficient (Wildman–Crippen LogP) is 2.94. The van der Waals surface area contributed by atoms with E-state index in [0.29, 0.717) is 29.2 Å². The lowest BCUT2D eigenvalue weighted by atomic mass is 9.83. The maximum Gasteiger partial charge on any atom is 0.243 e. The Labute approximate surface area is 127 Å². The van der Waals surface area contributed by atoms with Crippen LogP contribution in [0.15, 0.2) is 34.7 Å². The van der Waals surface area contributed by atoms with Crippen molar-refractivity contribution in [3.05, 3.63) is 35.4 Å². The third-order valence-electron chi connectivity index (χ3n) is 3.95. The molecule has 21 heavy (non-hydrogen) atoms. The molecule has 0 amide bonds. The molecule has 0 spiro atoms. The van der Waals surface area contributed by atoms with Crippen molar-refractivity contribution >= 4 is 15.7 Å². The van der Waals surface area contributed by atoms with Crippen molar-refractivity contribution in [3.63, 3.8) is 0 Å². The highest BCUT2D eigenvalue weighted by Gasteiger charge is 2.29.